The minimum Gasteiger partial charge on any atom is -0.335 e. The summed E-state index contributed by atoms with van der Waals surface area (Å²) in [5.74, 6) is 0.592. The first-order valence-electron chi connectivity index (χ1n) is 10.5. The molecule has 2 aromatic rings. The monoisotopic (exact) mass is 379 g/mol. The zero-order valence-corrected chi connectivity index (χ0v) is 16.8. The number of hydrogen-bond donors (Lipinski definition) is 0. The first-order chi connectivity index (χ1) is 13.6. The van der Waals surface area contributed by atoms with E-state index in [0.29, 0.717) is 17.5 Å². The topological polar surface area (TPSA) is 55.2 Å². The molecule has 2 heterocycles. The summed E-state index contributed by atoms with van der Waals surface area (Å²) in [5, 5.41) is 4.41. The molecule has 0 N–H and O–H groups in total. The van der Waals surface area contributed by atoms with E-state index in [0.717, 1.165) is 42.5 Å². The average Bonchev–Trinajstić information content (AvgIpc) is 3.13. The maximum absolute atomic E-state index is 13.6. The summed E-state index contributed by atoms with van der Waals surface area (Å²) in [4.78, 5) is 26.9. The standard InChI is InChI=1S/C23H29N3O2/c1-16(15-27)18-8-5-9-19(13-18)22-20(14-24-25(22)2)23(28)26-12-6-10-17-7-3-4-11-21(17)26/h5,8-9,13-17,21H,3-4,6-7,10-12H2,1-2H3. The fourth-order valence-electron chi connectivity index (χ4n) is 5.02. The molecule has 1 saturated carbocycles. The molecular weight excluding hydrogens is 350 g/mol. The highest BCUT2D eigenvalue weighted by molar-refractivity contribution is 6.00. The predicted octanol–water partition coefficient (Wildman–Crippen LogP) is 4.18. The van der Waals surface area contributed by atoms with Gasteiger partial charge in [-0.1, -0.05) is 38.0 Å². The Hall–Kier alpha value is -2.43. The molecule has 5 heteroatoms. The molecule has 0 spiro atoms. The molecular formula is C23H29N3O2. The van der Waals surface area contributed by atoms with Gasteiger partial charge in [-0.3, -0.25) is 9.48 Å². The molecule has 3 unspecified atom stereocenters. The van der Waals surface area contributed by atoms with E-state index < -0.39 is 0 Å². The zero-order valence-electron chi connectivity index (χ0n) is 16.8. The van der Waals surface area contributed by atoms with Crippen LogP contribution in [-0.4, -0.2) is 39.5 Å². The summed E-state index contributed by atoms with van der Waals surface area (Å²) in [5.41, 5.74) is 3.40. The van der Waals surface area contributed by atoms with Crippen LogP contribution in [0.3, 0.4) is 0 Å². The molecule has 28 heavy (non-hydrogen) atoms. The second-order valence-corrected chi connectivity index (χ2v) is 8.33. The van der Waals surface area contributed by atoms with Crippen LogP contribution in [0.1, 0.15) is 67.3 Å². The molecule has 2 fully saturated rings. The van der Waals surface area contributed by atoms with Crippen molar-refractivity contribution in [3.05, 3.63) is 41.6 Å². The highest BCUT2D eigenvalue weighted by atomic mass is 16.2. The van der Waals surface area contributed by atoms with Crippen LogP contribution in [0, 0.1) is 5.92 Å². The van der Waals surface area contributed by atoms with E-state index in [9.17, 15) is 9.59 Å². The first kappa shape index (κ1) is 18.9. The van der Waals surface area contributed by atoms with Crippen molar-refractivity contribution in [3.8, 4) is 11.3 Å². The van der Waals surface area contributed by atoms with Crippen LogP contribution < -0.4 is 0 Å². The van der Waals surface area contributed by atoms with Gasteiger partial charge >= 0.3 is 0 Å². The zero-order chi connectivity index (χ0) is 19.7. The lowest BCUT2D eigenvalue weighted by Crippen LogP contribution is -2.49. The highest BCUT2D eigenvalue weighted by Crippen LogP contribution is 2.37. The van der Waals surface area contributed by atoms with Crippen LogP contribution in [0.15, 0.2) is 30.5 Å². The Labute approximate surface area is 166 Å². The van der Waals surface area contributed by atoms with Crippen molar-refractivity contribution in [1.82, 2.24) is 14.7 Å². The number of aldehydes is 1. The Morgan fingerprint density at radius 1 is 1.21 bits per heavy atom. The first-order valence-corrected chi connectivity index (χ1v) is 10.5. The number of fused-ring (bicyclic) bond motifs is 1. The predicted molar refractivity (Wildman–Crippen MR) is 109 cm³/mol. The van der Waals surface area contributed by atoms with Crippen LogP contribution in [0.5, 0.6) is 0 Å². The summed E-state index contributed by atoms with van der Waals surface area (Å²) in [6, 6.07) is 8.28. The van der Waals surface area contributed by atoms with Crippen molar-refractivity contribution in [2.75, 3.05) is 6.54 Å². The van der Waals surface area contributed by atoms with E-state index in [1.165, 1.54) is 25.7 Å². The number of amides is 1. The minimum atomic E-state index is -0.169. The van der Waals surface area contributed by atoms with Crippen LogP contribution in [0.2, 0.25) is 0 Å². The number of rotatable bonds is 4. The van der Waals surface area contributed by atoms with Crippen molar-refractivity contribution in [1.29, 1.82) is 0 Å². The van der Waals surface area contributed by atoms with Gasteiger partial charge in [0.05, 0.1) is 17.5 Å². The van der Waals surface area contributed by atoms with E-state index >= 15 is 0 Å². The number of carbonyl (C=O) groups is 2. The third-order valence-corrected chi connectivity index (χ3v) is 6.56. The number of piperidine rings is 1. The summed E-state index contributed by atoms with van der Waals surface area (Å²) >= 11 is 0. The number of aryl methyl sites for hydroxylation is 1. The lowest BCUT2D eigenvalue weighted by Gasteiger charge is -2.44. The molecule has 3 atom stereocenters. The van der Waals surface area contributed by atoms with E-state index in [-0.39, 0.29) is 11.8 Å². The Balaban J connectivity index is 1.68. The number of aromatic nitrogens is 2. The molecule has 1 aromatic carbocycles. The Morgan fingerprint density at radius 3 is 2.82 bits per heavy atom. The van der Waals surface area contributed by atoms with Gasteiger partial charge < -0.3 is 9.69 Å². The van der Waals surface area contributed by atoms with Crippen LogP contribution in [0.4, 0.5) is 0 Å². The molecule has 1 aromatic heterocycles. The van der Waals surface area contributed by atoms with Gasteiger partial charge in [0.15, 0.2) is 0 Å². The van der Waals surface area contributed by atoms with Gasteiger partial charge in [0.1, 0.15) is 6.29 Å². The van der Waals surface area contributed by atoms with Crippen molar-refractivity contribution in [2.24, 2.45) is 13.0 Å². The molecule has 0 radical (unpaired) electrons. The van der Waals surface area contributed by atoms with Gasteiger partial charge in [-0.2, -0.15) is 5.10 Å². The van der Waals surface area contributed by atoms with Crippen LogP contribution in [0.25, 0.3) is 11.3 Å². The number of likely N-dealkylation sites (tertiary alicyclic amines) is 1. The van der Waals surface area contributed by atoms with E-state index in [1.807, 2.05) is 38.2 Å². The minimum absolute atomic E-state index is 0.105. The summed E-state index contributed by atoms with van der Waals surface area (Å²) in [6.07, 6.45) is 9.89. The third kappa shape index (κ3) is 3.38. The molecule has 5 nitrogen and oxygen atoms in total. The fraction of sp³-hybridized carbons (Fsp3) is 0.522. The number of carbonyl (C=O) groups excluding carboxylic acids is 2. The molecule has 4 rings (SSSR count). The van der Waals surface area contributed by atoms with Crippen molar-refractivity contribution in [3.63, 3.8) is 0 Å². The van der Waals surface area contributed by atoms with Gasteiger partial charge in [-0.15, -0.1) is 0 Å². The van der Waals surface area contributed by atoms with E-state index in [1.54, 1.807) is 10.9 Å². The number of hydrogen-bond acceptors (Lipinski definition) is 3. The Kier molecular flexibility index (Phi) is 5.33. The van der Waals surface area contributed by atoms with E-state index in [4.69, 9.17) is 0 Å². The quantitative estimate of drug-likeness (QED) is 0.749. The molecule has 1 aliphatic heterocycles. The normalized spacial score (nSPS) is 23.1. The Morgan fingerprint density at radius 2 is 2.00 bits per heavy atom. The van der Waals surface area contributed by atoms with Gasteiger partial charge in [0, 0.05) is 31.1 Å². The molecule has 148 valence electrons. The van der Waals surface area contributed by atoms with E-state index in [2.05, 4.69) is 10.00 Å². The van der Waals surface area contributed by atoms with Gasteiger partial charge in [-0.05, 0) is 43.2 Å². The highest BCUT2D eigenvalue weighted by Gasteiger charge is 2.37. The van der Waals surface area contributed by atoms with Gasteiger partial charge in [0.2, 0.25) is 0 Å². The number of benzene rings is 1. The second kappa shape index (κ2) is 7.90. The third-order valence-electron chi connectivity index (χ3n) is 6.56. The lowest BCUT2D eigenvalue weighted by atomic mass is 9.78. The fourth-order valence-corrected chi connectivity index (χ4v) is 5.02. The maximum atomic E-state index is 13.6. The number of nitrogens with zero attached hydrogens (tertiary/aromatic N) is 3. The molecule has 1 aliphatic carbocycles. The van der Waals surface area contributed by atoms with Crippen LogP contribution in [-0.2, 0) is 11.8 Å². The summed E-state index contributed by atoms with van der Waals surface area (Å²) < 4.78 is 1.78. The van der Waals surface area contributed by atoms with Crippen molar-refractivity contribution in [2.45, 2.75) is 57.4 Å². The second-order valence-electron chi connectivity index (χ2n) is 8.33. The molecule has 2 aliphatic rings. The van der Waals surface area contributed by atoms with Crippen molar-refractivity contribution >= 4 is 12.2 Å². The van der Waals surface area contributed by atoms with Crippen molar-refractivity contribution < 1.29 is 9.59 Å². The maximum Gasteiger partial charge on any atom is 0.257 e. The average molecular weight is 380 g/mol. The SMILES string of the molecule is CC(C=O)c1cccc(-c2c(C(=O)N3CCCC4CCCCC43)cnn2C)c1. The summed E-state index contributed by atoms with van der Waals surface area (Å²) in [6.45, 7) is 2.73. The Bertz CT molecular complexity index is 870. The smallest absolute Gasteiger partial charge is 0.257 e. The van der Waals surface area contributed by atoms with Crippen LogP contribution >= 0.6 is 0 Å². The molecule has 0 bridgehead atoms. The summed E-state index contributed by atoms with van der Waals surface area (Å²) in [7, 11) is 1.88. The van der Waals surface area contributed by atoms with Gasteiger partial charge in [-0.25, -0.2) is 0 Å². The lowest BCUT2D eigenvalue weighted by molar-refractivity contribution is -0.108. The molecule has 1 amide bonds. The molecule has 1 saturated heterocycles. The largest absolute Gasteiger partial charge is 0.335 e. The van der Waals surface area contributed by atoms with Gasteiger partial charge in [0.25, 0.3) is 5.91 Å².